The summed E-state index contributed by atoms with van der Waals surface area (Å²) in [6, 6.07) is 0. The summed E-state index contributed by atoms with van der Waals surface area (Å²) in [6.45, 7) is 5.77. The Bertz CT molecular complexity index is 260. The Hall–Kier alpha value is -0.200. The van der Waals surface area contributed by atoms with Crippen molar-refractivity contribution in [3.8, 4) is 0 Å². The average Bonchev–Trinajstić information content (AvgIpc) is 2.75. The molecule has 0 spiro atoms. The van der Waals surface area contributed by atoms with E-state index in [1.807, 2.05) is 6.92 Å². The number of unbranched alkanes of at least 4 members (excludes halogenated alkanes) is 1. The molecule has 0 amide bonds. The molecule has 4 atom stereocenters. The van der Waals surface area contributed by atoms with Gasteiger partial charge >= 0.3 is 0 Å². The Morgan fingerprint density at radius 1 is 1.44 bits per heavy atom. The lowest BCUT2D eigenvalue weighted by Gasteiger charge is -2.40. The Morgan fingerprint density at radius 3 is 3.06 bits per heavy atom. The van der Waals surface area contributed by atoms with Crippen molar-refractivity contribution in [2.75, 3.05) is 19.8 Å². The van der Waals surface area contributed by atoms with Crippen LogP contribution in [0, 0.1) is 0 Å². The second kappa shape index (κ2) is 6.30. The third-order valence-corrected chi connectivity index (χ3v) is 3.46. The van der Waals surface area contributed by atoms with Crippen LogP contribution in [0.5, 0.6) is 0 Å². The Morgan fingerprint density at radius 2 is 2.28 bits per heavy atom. The first-order valence-corrected chi connectivity index (χ1v) is 6.86. The fourth-order valence-corrected chi connectivity index (χ4v) is 2.38. The summed E-state index contributed by atoms with van der Waals surface area (Å²) in [7, 11) is 0. The van der Waals surface area contributed by atoms with Crippen LogP contribution in [0.1, 0.15) is 39.5 Å². The molecule has 5 heteroatoms. The summed E-state index contributed by atoms with van der Waals surface area (Å²) in [4.78, 5) is 0. The molecule has 2 fully saturated rings. The number of ether oxygens (including phenoxy) is 4. The zero-order valence-corrected chi connectivity index (χ0v) is 11.3. The zero-order chi connectivity index (χ0) is 13.0. The van der Waals surface area contributed by atoms with E-state index in [0.29, 0.717) is 19.6 Å². The fraction of sp³-hybridized carbons (Fsp3) is 1.00. The van der Waals surface area contributed by atoms with Crippen molar-refractivity contribution in [1.29, 1.82) is 0 Å². The summed E-state index contributed by atoms with van der Waals surface area (Å²) < 4.78 is 22.4. The fourth-order valence-electron chi connectivity index (χ4n) is 2.38. The van der Waals surface area contributed by atoms with Crippen molar-refractivity contribution in [3.05, 3.63) is 0 Å². The highest BCUT2D eigenvalue weighted by molar-refractivity contribution is 4.84. The van der Waals surface area contributed by atoms with Gasteiger partial charge in [-0.25, -0.2) is 0 Å². The largest absolute Gasteiger partial charge is 0.373 e. The maximum absolute atomic E-state index is 9.82. The van der Waals surface area contributed by atoms with Crippen LogP contribution in [0.3, 0.4) is 0 Å². The molecule has 0 aromatic carbocycles. The molecule has 2 rings (SSSR count). The van der Waals surface area contributed by atoms with Crippen LogP contribution >= 0.6 is 0 Å². The molecule has 1 N–H and O–H groups in total. The molecule has 0 aliphatic carbocycles. The normalized spacial score (nSPS) is 37.5. The van der Waals surface area contributed by atoms with Crippen LogP contribution in [0.25, 0.3) is 0 Å². The molecule has 106 valence electrons. The summed E-state index contributed by atoms with van der Waals surface area (Å²) >= 11 is 0. The van der Waals surface area contributed by atoms with Crippen LogP contribution in [0.15, 0.2) is 0 Å². The molecule has 0 aromatic heterocycles. The van der Waals surface area contributed by atoms with E-state index in [2.05, 4.69) is 6.92 Å². The van der Waals surface area contributed by atoms with E-state index >= 15 is 0 Å². The van der Waals surface area contributed by atoms with Gasteiger partial charge in [-0.15, -0.1) is 0 Å². The van der Waals surface area contributed by atoms with Crippen LogP contribution in [0.4, 0.5) is 0 Å². The Labute approximate surface area is 108 Å². The predicted molar refractivity (Wildman–Crippen MR) is 65.1 cm³/mol. The highest BCUT2D eigenvalue weighted by Crippen LogP contribution is 2.33. The maximum atomic E-state index is 9.82. The van der Waals surface area contributed by atoms with Gasteiger partial charge in [0.1, 0.15) is 6.10 Å². The lowest BCUT2D eigenvalue weighted by molar-refractivity contribution is -0.321. The van der Waals surface area contributed by atoms with E-state index in [0.717, 1.165) is 25.9 Å². The monoisotopic (exact) mass is 260 g/mol. The molecule has 0 aromatic rings. The van der Waals surface area contributed by atoms with Crippen LogP contribution in [-0.4, -0.2) is 49.2 Å². The molecular formula is C13H24O5. The minimum atomic E-state index is -0.833. The second-order valence-electron chi connectivity index (χ2n) is 5.18. The summed E-state index contributed by atoms with van der Waals surface area (Å²) in [5, 5.41) is 9.82. The van der Waals surface area contributed by atoms with Crippen molar-refractivity contribution in [1.82, 2.24) is 0 Å². The van der Waals surface area contributed by atoms with E-state index in [9.17, 15) is 5.11 Å². The molecule has 2 heterocycles. The number of hydrogen-bond donors (Lipinski definition) is 1. The zero-order valence-electron chi connectivity index (χ0n) is 11.3. The molecule has 3 unspecified atom stereocenters. The van der Waals surface area contributed by atoms with Crippen molar-refractivity contribution in [3.63, 3.8) is 0 Å². The highest BCUT2D eigenvalue weighted by Gasteiger charge is 2.43. The molecule has 2 aliphatic rings. The van der Waals surface area contributed by atoms with Gasteiger partial charge in [-0.1, -0.05) is 13.3 Å². The summed E-state index contributed by atoms with van der Waals surface area (Å²) in [6.07, 6.45) is 2.55. The predicted octanol–water partition coefficient (Wildman–Crippen LogP) is 1.43. The van der Waals surface area contributed by atoms with Crippen LogP contribution in [0.2, 0.25) is 0 Å². The van der Waals surface area contributed by atoms with Gasteiger partial charge in [-0.3, -0.25) is 0 Å². The summed E-state index contributed by atoms with van der Waals surface area (Å²) in [5.74, 6) is -0.763. The van der Waals surface area contributed by atoms with Crippen molar-refractivity contribution < 1.29 is 24.1 Å². The minimum absolute atomic E-state index is 0.0521. The van der Waals surface area contributed by atoms with Gasteiger partial charge < -0.3 is 24.1 Å². The second-order valence-corrected chi connectivity index (χ2v) is 5.18. The number of rotatable bonds is 6. The van der Waals surface area contributed by atoms with Gasteiger partial charge in [0.25, 0.3) is 0 Å². The van der Waals surface area contributed by atoms with Gasteiger partial charge in [0.05, 0.1) is 19.1 Å². The van der Waals surface area contributed by atoms with E-state index in [1.54, 1.807) is 0 Å². The average molecular weight is 260 g/mol. The standard InChI is InChI=1S/C13H24O5/c1-3-4-6-16-12(14)8-13(2)17-9-11-10(18-13)5-7-15-11/h10-12,14H,3-9H2,1-2H3/t10?,11?,12?,13-/m1/s1. The number of aliphatic hydroxyl groups excluding tert-OH is 1. The SMILES string of the molecule is CCCCOC(O)C[C@]1(C)OCC2OCCC2O1. The first-order chi connectivity index (χ1) is 8.63. The molecular weight excluding hydrogens is 236 g/mol. The quantitative estimate of drug-likeness (QED) is 0.578. The van der Waals surface area contributed by atoms with Gasteiger partial charge in [0, 0.05) is 13.2 Å². The maximum Gasteiger partial charge on any atom is 0.170 e. The lowest BCUT2D eigenvalue weighted by Crippen LogP contribution is -2.50. The van der Waals surface area contributed by atoms with Crippen molar-refractivity contribution in [2.45, 2.75) is 63.8 Å². The lowest BCUT2D eigenvalue weighted by atomic mass is 10.1. The molecule has 18 heavy (non-hydrogen) atoms. The third-order valence-electron chi connectivity index (χ3n) is 3.46. The van der Waals surface area contributed by atoms with Crippen molar-refractivity contribution in [2.24, 2.45) is 0 Å². The van der Waals surface area contributed by atoms with E-state index in [4.69, 9.17) is 18.9 Å². The van der Waals surface area contributed by atoms with Gasteiger partial charge in [-0.2, -0.15) is 0 Å². The molecule has 2 aliphatic heterocycles. The molecule has 0 saturated carbocycles. The van der Waals surface area contributed by atoms with Gasteiger partial charge in [0.2, 0.25) is 0 Å². The van der Waals surface area contributed by atoms with Crippen molar-refractivity contribution >= 4 is 0 Å². The molecule has 2 saturated heterocycles. The Balaban J connectivity index is 1.76. The third kappa shape index (κ3) is 3.65. The topological polar surface area (TPSA) is 57.2 Å². The van der Waals surface area contributed by atoms with Crippen LogP contribution < -0.4 is 0 Å². The van der Waals surface area contributed by atoms with E-state index in [-0.39, 0.29) is 12.2 Å². The summed E-state index contributed by atoms with van der Waals surface area (Å²) in [5.41, 5.74) is 0. The highest BCUT2D eigenvalue weighted by atomic mass is 16.7. The number of aliphatic hydroxyl groups is 1. The Kier molecular flexibility index (Phi) is 4.98. The van der Waals surface area contributed by atoms with E-state index < -0.39 is 12.1 Å². The van der Waals surface area contributed by atoms with E-state index in [1.165, 1.54) is 0 Å². The van der Waals surface area contributed by atoms with Crippen LogP contribution in [-0.2, 0) is 18.9 Å². The molecule has 5 nitrogen and oxygen atoms in total. The molecule has 0 radical (unpaired) electrons. The van der Waals surface area contributed by atoms with Gasteiger partial charge in [0.15, 0.2) is 12.1 Å². The van der Waals surface area contributed by atoms with Gasteiger partial charge in [-0.05, 0) is 19.8 Å². The first-order valence-electron chi connectivity index (χ1n) is 6.86. The molecule has 0 bridgehead atoms. The smallest absolute Gasteiger partial charge is 0.170 e. The number of fused-ring (bicyclic) bond motifs is 1. The minimum Gasteiger partial charge on any atom is -0.373 e. The number of hydrogen-bond acceptors (Lipinski definition) is 5. The first kappa shape index (κ1) is 14.2.